The van der Waals surface area contributed by atoms with E-state index >= 15 is 0 Å². The number of carbonyl (C=O) groups is 1. The van der Waals surface area contributed by atoms with Crippen LogP contribution in [0.25, 0.3) is 0 Å². The summed E-state index contributed by atoms with van der Waals surface area (Å²) in [5.41, 5.74) is 4.46. The van der Waals surface area contributed by atoms with E-state index in [9.17, 15) is 4.79 Å². The summed E-state index contributed by atoms with van der Waals surface area (Å²) in [4.78, 5) is 12.3. The van der Waals surface area contributed by atoms with Crippen molar-refractivity contribution in [1.29, 1.82) is 0 Å². The van der Waals surface area contributed by atoms with Crippen LogP contribution in [0, 0.1) is 0 Å². The van der Waals surface area contributed by atoms with Crippen molar-refractivity contribution in [3.8, 4) is 5.75 Å². The van der Waals surface area contributed by atoms with E-state index in [0.717, 1.165) is 43.9 Å². The maximum absolute atomic E-state index is 12.3. The van der Waals surface area contributed by atoms with E-state index in [1.165, 1.54) is 11.1 Å². The average Bonchev–Trinajstić information content (AvgIpc) is 3.08. The number of amides is 1. The maximum atomic E-state index is 12.3. The van der Waals surface area contributed by atoms with E-state index in [1.54, 1.807) is 0 Å². The largest absolute Gasteiger partial charge is 0.494 e. The van der Waals surface area contributed by atoms with Crippen molar-refractivity contribution in [3.63, 3.8) is 0 Å². The molecule has 1 amide bonds. The Labute approximate surface area is 143 Å². The lowest BCUT2D eigenvalue weighted by atomic mass is 10.1. The van der Waals surface area contributed by atoms with Gasteiger partial charge in [-0.25, -0.2) is 0 Å². The third kappa shape index (κ3) is 4.15. The van der Waals surface area contributed by atoms with Crippen molar-refractivity contribution in [2.24, 2.45) is 0 Å². The third-order valence-electron chi connectivity index (χ3n) is 4.24. The van der Waals surface area contributed by atoms with E-state index < -0.39 is 0 Å². The van der Waals surface area contributed by atoms with Crippen molar-refractivity contribution in [1.82, 2.24) is 10.6 Å². The molecule has 2 aromatic carbocycles. The van der Waals surface area contributed by atoms with Gasteiger partial charge in [0.2, 0.25) is 0 Å². The molecule has 0 saturated heterocycles. The lowest BCUT2D eigenvalue weighted by Gasteiger charge is -2.09. The molecule has 0 fully saturated rings. The first-order chi connectivity index (χ1) is 11.8. The minimum Gasteiger partial charge on any atom is -0.494 e. The Kier molecular flexibility index (Phi) is 5.49. The van der Waals surface area contributed by atoms with Crippen LogP contribution in [0.1, 0.15) is 46.8 Å². The second-order valence-corrected chi connectivity index (χ2v) is 6.12. The van der Waals surface area contributed by atoms with Crippen LogP contribution in [0.15, 0.2) is 42.5 Å². The highest BCUT2D eigenvalue weighted by Crippen LogP contribution is 2.17. The van der Waals surface area contributed by atoms with E-state index in [4.69, 9.17) is 4.74 Å². The van der Waals surface area contributed by atoms with Gasteiger partial charge in [-0.3, -0.25) is 4.79 Å². The minimum absolute atomic E-state index is 0.0614. The molecule has 0 unspecified atom stereocenters. The van der Waals surface area contributed by atoms with Crippen molar-refractivity contribution < 1.29 is 9.53 Å². The molecule has 2 N–H and O–H groups in total. The molecule has 126 valence electrons. The van der Waals surface area contributed by atoms with Crippen molar-refractivity contribution >= 4 is 5.91 Å². The van der Waals surface area contributed by atoms with Crippen LogP contribution in [0.4, 0.5) is 0 Å². The Bertz CT molecular complexity index is 695. The molecule has 4 heteroatoms. The fourth-order valence-corrected chi connectivity index (χ4v) is 2.78. The number of ether oxygens (including phenoxy) is 1. The van der Waals surface area contributed by atoms with Crippen LogP contribution < -0.4 is 15.4 Å². The first-order valence-electron chi connectivity index (χ1n) is 8.58. The molecule has 0 aliphatic carbocycles. The normalized spacial score (nSPS) is 12.7. The molecule has 0 aromatic heterocycles. The highest BCUT2D eigenvalue weighted by atomic mass is 16.5. The predicted molar refractivity (Wildman–Crippen MR) is 95.0 cm³/mol. The smallest absolute Gasteiger partial charge is 0.251 e. The Balaban J connectivity index is 1.53. The van der Waals surface area contributed by atoms with Crippen molar-refractivity contribution in [3.05, 3.63) is 64.7 Å². The topological polar surface area (TPSA) is 50.4 Å². The molecule has 3 rings (SSSR count). The molecule has 1 aliphatic heterocycles. The van der Waals surface area contributed by atoms with Gasteiger partial charge in [0.05, 0.1) is 6.61 Å². The molecule has 0 spiro atoms. The molecule has 0 atom stereocenters. The van der Waals surface area contributed by atoms with Crippen LogP contribution in [0.3, 0.4) is 0 Å². The summed E-state index contributed by atoms with van der Waals surface area (Å²) >= 11 is 0. The predicted octanol–water partition coefficient (Wildman–Crippen LogP) is 3.40. The molecular weight excluding hydrogens is 300 g/mol. The van der Waals surface area contributed by atoms with Gasteiger partial charge in [-0.15, -0.1) is 0 Å². The lowest BCUT2D eigenvalue weighted by Crippen LogP contribution is -2.22. The molecule has 1 aliphatic rings. The molecule has 24 heavy (non-hydrogen) atoms. The second-order valence-electron chi connectivity index (χ2n) is 6.12. The molecular formula is C20H24N2O2. The summed E-state index contributed by atoms with van der Waals surface area (Å²) in [6.07, 6.45) is 2.15. The fourth-order valence-electron chi connectivity index (χ4n) is 2.78. The Hall–Kier alpha value is -2.33. The van der Waals surface area contributed by atoms with E-state index in [1.807, 2.05) is 24.3 Å². The first-order valence-corrected chi connectivity index (χ1v) is 8.58. The van der Waals surface area contributed by atoms with Gasteiger partial charge in [0, 0.05) is 25.2 Å². The quantitative estimate of drug-likeness (QED) is 0.768. The number of carbonyl (C=O) groups excluding carboxylic acids is 1. The van der Waals surface area contributed by atoms with E-state index in [-0.39, 0.29) is 5.91 Å². The highest BCUT2D eigenvalue weighted by Gasteiger charge is 2.11. The summed E-state index contributed by atoms with van der Waals surface area (Å²) < 4.78 is 5.62. The van der Waals surface area contributed by atoms with Crippen LogP contribution in [0.2, 0.25) is 0 Å². The van der Waals surface area contributed by atoms with Gasteiger partial charge in [0.1, 0.15) is 5.75 Å². The summed E-state index contributed by atoms with van der Waals surface area (Å²) in [6.45, 7) is 5.25. The number of nitrogens with one attached hydrogen (secondary N) is 2. The van der Waals surface area contributed by atoms with Gasteiger partial charge < -0.3 is 15.4 Å². The SMILES string of the molecule is CCCCOc1ccc(C(=O)NCc2ccc3c(c2)CNC3)cc1. The minimum atomic E-state index is -0.0614. The fraction of sp³-hybridized carbons (Fsp3) is 0.350. The van der Waals surface area contributed by atoms with Gasteiger partial charge in [0.25, 0.3) is 5.91 Å². The number of fused-ring (bicyclic) bond motifs is 1. The summed E-state index contributed by atoms with van der Waals surface area (Å²) in [7, 11) is 0. The summed E-state index contributed by atoms with van der Waals surface area (Å²) in [6, 6.07) is 13.7. The number of rotatable bonds is 7. The average molecular weight is 324 g/mol. The summed E-state index contributed by atoms with van der Waals surface area (Å²) in [5.74, 6) is 0.750. The van der Waals surface area contributed by atoms with E-state index in [0.29, 0.717) is 12.1 Å². The monoisotopic (exact) mass is 324 g/mol. The number of benzene rings is 2. The van der Waals surface area contributed by atoms with Crippen molar-refractivity contribution in [2.45, 2.75) is 39.4 Å². The molecule has 0 saturated carbocycles. The standard InChI is InChI=1S/C20H24N2O2/c1-2-3-10-24-19-8-6-16(7-9-19)20(23)22-12-15-4-5-17-13-21-14-18(17)11-15/h4-9,11,21H,2-3,10,12-14H2,1H3,(H,22,23). The van der Waals surface area contributed by atoms with Gasteiger partial charge in [-0.2, -0.15) is 0 Å². The van der Waals surface area contributed by atoms with Crippen LogP contribution in [-0.4, -0.2) is 12.5 Å². The summed E-state index contributed by atoms with van der Waals surface area (Å²) in [5, 5.41) is 6.31. The molecule has 0 bridgehead atoms. The Morgan fingerprint density at radius 2 is 1.92 bits per heavy atom. The van der Waals surface area contributed by atoms with E-state index in [2.05, 4.69) is 35.8 Å². The van der Waals surface area contributed by atoms with Crippen molar-refractivity contribution in [2.75, 3.05) is 6.61 Å². The highest BCUT2D eigenvalue weighted by molar-refractivity contribution is 5.94. The zero-order valence-corrected chi connectivity index (χ0v) is 14.1. The van der Waals surface area contributed by atoms with Crippen LogP contribution >= 0.6 is 0 Å². The van der Waals surface area contributed by atoms with Gasteiger partial charge >= 0.3 is 0 Å². The maximum Gasteiger partial charge on any atom is 0.251 e. The van der Waals surface area contributed by atoms with Gasteiger partial charge in [0.15, 0.2) is 0 Å². The molecule has 4 nitrogen and oxygen atoms in total. The first kappa shape index (κ1) is 16.5. The Morgan fingerprint density at radius 3 is 2.71 bits per heavy atom. The third-order valence-corrected chi connectivity index (χ3v) is 4.24. The number of hydrogen-bond acceptors (Lipinski definition) is 3. The van der Waals surface area contributed by atoms with Crippen LogP contribution in [-0.2, 0) is 19.6 Å². The van der Waals surface area contributed by atoms with Crippen LogP contribution in [0.5, 0.6) is 5.75 Å². The van der Waals surface area contributed by atoms with Gasteiger partial charge in [-0.05, 0) is 47.4 Å². The number of unbranched alkanes of at least 4 members (excludes halogenated alkanes) is 1. The molecule has 1 heterocycles. The zero-order chi connectivity index (χ0) is 16.8. The second kappa shape index (κ2) is 7.97. The lowest BCUT2D eigenvalue weighted by molar-refractivity contribution is 0.0951. The zero-order valence-electron chi connectivity index (χ0n) is 14.1. The Morgan fingerprint density at radius 1 is 1.12 bits per heavy atom. The molecule has 0 radical (unpaired) electrons. The molecule has 2 aromatic rings. The van der Waals surface area contributed by atoms with Gasteiger partial charge in [-0.1, -0.05) is 31.5 Å². The number of hydrogen-bond donors (Lipinski definition) is 2.